The Bertz CT molecular complexity index is 2960. The second-order valence-electron chi connectivity index (χ2n) is 21.2. The van der Waals surface area contributed by atoms with Gasteiger partial charge >= 0.3 is 0 Å². The molecule has 6 aromatic carbocycles. The maximum absolute atomic E-state index is 11.8. The summed E-state index contributed by atoms with van der Waals surface area (Å²) in [6.45, 7) is 20.2. The molecule has 64 heavy (non-hydrogen) atoms. The van der Waals surface area contributed by atoms with Crippen LogP contribution in [-0.2, 0) is 16.2 Å². The third-order valence-corrected chi connectivity index (χ3v) is 13.5. The lowest BCUT2D eigenvalue weighted by Crippen LogP contribution is -2.12. The molecule has 2 aromatic heterocycles. The monoisotopic (exact) mass is 841 g/mol. The van der Waals surface area contributed by atoms with Gasteiger partial charge in [0, 0.05) is 22.9 Å². The quantitative estimate of drug-likeness (QED) is 0.174. The number of para-hydroxylation sites is 1. The third kappa shape index (κ3) is 8.55. The zero-order chi connectivity index (χ0) is 45.0. The van der Waals surface area contributed by atoms with Crippen molar-refractivity contribution in [2.45, 2.75) is 117 Å². The number of hydrogen-bond donors (Lipinski definition) is 1. The lowest BCUT2D eigenvalue weighted by molar-refractivity contribution is 0.443. The summed E-state index contributed by atoms with van der Waals surface area (Å²) < 4.78 is 2.27. The molecular weight excluding hydrogens is 779 g/mol. The van der Waals surface area contributed by atoms with Gasteiger partial charge in [0.15, 0.2) is 0 Å². The average molecular weight is 842 g/mol. The van der Waals surface area contributed by atoms with Crippen molar-refractivity contribution < 1.29 is 5.11 Å². The molecule has 324 valence electrons. The van der Waals surface area contributed by atoms with Crippen molar-refractivity contribution in [2.75, 3.05) is 0 Å². The van der Waals surface area contributed by atoms with Crippen LogP contribution >= 0.6 is 0 Å². The summed E-state index contributed by atoms with van der Waals surface area (Å²) in [6.07, 6.45) is 8.58. The molecule has 1 saturated carbocycles. The van der Waals surface area contributed by atoms with Gasteiger partial charge in [-0.05, 0) is 134 Å². The van der Waals surface area contributed by atoms with Crippen LogP contribution in [0.5, 0.6) is 5.75 Å². The number of aromatic hydroxyl groups is 1. The van der Waals surface area contributed by atoms with Crippen LogP contribution < -0.4 is 0 Å². The zero-order valence-corrected chi connectivity index (χ0v) is 39.3. The second kappa shape index (κ2) is 16.7. The van der Waals surface area contributed by atoms with Crippen LogP contribution in [0.2, 0.25) is 0 Å². The van der Waals surface area contributed by atoms with Crippen LogP contribution in [0.4, 0.5) is 0 Å². The normalized spacial score (nSPS) is 14.0. The molecule has 8 aromatic rings. The molecule has 2 heterocycles. The number of phenolic OH excluding ortho intramolecular Hbond substituents is 1. The molecule has 9 rings (SSSR count). The number of nitrogens with zero attached hydrogens (tertiary/aromatic N) is 3. The highest BCUT2D eigenvalue weighted by atomic mass is 16.3. The van der Waals surface area contributed by atoms with E-state index >= 15 is 0 Å². The Morgan fingerprint density at radius 2 is 1.16 bits per heavy atom. The maximum atomic E-state index is 11.8. The lowest BCUT2D eigenvalue weighted by Gasteiger charge is -2.23. The van der Waals surface area contributed by atoms with Gasteiger partial charge in [-0.1, -0.05) is 167 Å². The van der Waals surface area contributed by atoms with Gasteiger partial charge in [0.1, 0.15) is 11.6 Å². The molecule has 0 amide bonds. The minimum absolute atomic E-state index is 0.0579. The predicted molar refractivity (Wildman–Crippen MR) is 270 cm³/mol. The summed E-state index contributed by atoms with van der Waals surface area (Å²) in [4.78, 5) is 10.6. The number of phenols is 1. The van der Waals surface area contributed by atoms with Crippen LogP contribution in [0.15, 0.2) is 146 Å². The van der Waals surface area contributed by atoms with E-state index in [1.807, 2.05) is 18.3 Å². The number of benzene rings is 6. The van der Waals surface area contributed by atoms with Gasteiger partial charge in [0.05, 0.1) is 28.0 Å². The summed E-state index contributed by atoms with van der Waals surface area (Å²) in [5.74, 6) is 1.58. The highest BCUT2D eigenvalue weighted by molar-refractivity contribution is 5.98. The van der Waals surface area contributed by atoms with Crippen LogP contribution in [0.25, 0.3) is 72.7 Å². The molecule has 0 radical (unpaired) electrons. The largest absolute Gasteiger partial charge is 0.507 e. The van der Waals surface area contributed by atoms with E-state index in [2.05, 4.69) is 194 Å². The molecular formula is C60H63N3O. The van der Waals surface area contributed by atoms with E-state index in [1.165, 1.54) is 54.4 Å². The Balaban J connectivity index is 1.25. The molecule has 0 saturated heterocycles. The van der Waals surface area contributed by atoms with Crippen LogP contribution in [-0.4, -0.2) is 19.6 Å². The number of rotatable bonds is 7. The molecule has 4 heteroatoms. The molecule has 0 spiro atoms. The lowest BCUT2D eigenvalue weighted by atomic mass is 9.83. The fourth-order valence-electron chi connectivity index (χ4n) is 9.50. The van der Waals surface area contributed by atoms with Crippen LogP contribution in [0, 0.1) is 0 Å². The van der Waals surface area contributed by atoms with E-state index in [9.17, 15) is 5.11 Å². The van der Waals surface area contributed by atoms with Gasteiger partial charge in [-0.3, -0.25) is 9.55 Å². The summed E-state index contributed by atoms with van der Waals surface area (Å²) in [5, 5.41) is 11.8. The van der Waals surface area contributed by atoms with Crippen molar-refractivity contribution in [3.63, 3.8) is 0 Å². The molecule has 1 fully saturated rings. The minimum Gasteiger partial charge on any atom is -0.507 e. The first-order valence-corrected chi connectivity index (χ1v) is 23.3. The van der Waals surface area contributed by atoms with E-state index in [4.69, 9.17) is 9.97 Å². The number of hydrogen-bond acceptors (Lipinski definition) is 3. The molecule has 1 aliphatic carbocycles. The molecule has 0 unspecified atom stereocenters. The van der Waals surface area contributed by atoms with Crippen LogP contribution in [0.3, 0.4) is 0 Å². The molecule has 0 bridgehead atoms. The van der Waals surface area contributed by atoms with Crippen molar-refractivity contribution >= 4 is 11.0 Å². The summed E-state index contributed by atoms with van der Waals surface area (Å²) in [5.41, 5.74) is 17.0. The predicted octanol–water partition coefficient (Wildman–Crippen LogP) is 16.4. The Morgan fingerprint density at radius 1 is 0.500 bits per heavy atom. The first-order chi connectivity index (χ1) is 30.5. The van der Waals surface area contributed by atoms with Gasteiger partial charge < -0.3 is 5.11 Å². The Hall–Kier alpha value is -6.26. The van der Waals surface area contributed by atoms with E-state index in [0.717, 1.165) is 61.4 Å². The molecule has 0 atom stereocenters. The van der Waals surface area contributed by atoms with Gasteiger partial charge in [-0.25, -0.2) is 4.98 Å². The van der Waals surface area contributed by atoms with Crippen molar-refractivity contribution in [1.82, 2.24) is 14.5 Å². The fourth-order valence-corrected chi connectivity index (χ4v) is 9.50. The number of aromatic nitrogens is 3. The van der Waals surface area contributed by atoms with Crippen molar-refractivity contribution in [1.29, 1.82) is 0 Å². The smallest absolute Gasteiger partial charge is 0.149 e. The number of pyridine rings is 1. The van der Waals surface area contributed by atoms with E-state index in [-0.39, 0.29) is 22.0 Å². The minimum atomic E-state index is -0.137. The molecule has 1 N–H and O–H groups in total. The Kier molecular flexibility index (Phi) is 11.2. The zero-order valence-electron chi connectivity index (χ0n) is 39.3. The van der Waals surface area contributed by atoms with Gasteiger partial charge in [0.25, 0.3) is 0 Å². The second-order valence-corrected chi connectivity index (χ2v) is 21.2. The van der Waals surface area contributed by atoms with E-state index in [1.54, 1.807) is 0 Å². The van der Waals surface area contributed by atoms with Gasteiger partial charge in [-0.2, -0.15) is 0 Å². The highest BCUT2D eigenvalue weighted by Gasteiger charge is 2.26. The van der Waals surface area contributed by atoms with Crippen LogP contribution in [0.1, 0.15) is 123 Å². The van der Waals surface area contributed by atoms with Crippen molar-refractivity contribution in [3.8, 4) is 67.5 Å². The first-order valence-electron chi connectivity index (χ1n) is 23.3. The fraction of sp³-hybridized carbons (Fsp3) is 0.300. The molecule has 4 nitrogen and oxygen atoms in total. The standard InChI is InChI=1S/C60H63N3O/c1-58(2,3)46-27-29-53(50(37-46)42-19-14-11-15-20-42)63-54-22-16-21-49(56(54)62-57(63)51-38-47(59(4,5)6)28-30-55(51)64)44-33-45(35-48(34-44)60(7,8)9)52-36-43(31-32-61-52)41-25-23-40(24-26-41)39-17-12-10-13-18-39/h11,14-16,19-39,64H,10,12-13,17-18H2,1-9H3. The molecule has 0 aliphatic heterocycles. The Morgan fingerprint density at radius 3 is 1.84 bits per heavy atom. The number of imidazole rings is 1. The molecule has 1 aliphatic rings. The van der Waals surface area contributed by atoms with Crippen molar-refractivity contribution in [2.24, 2.45) is 0 Å². The third-order valence-electron chi connectivity index (χ3n) is 13.5. The average Bonchev–Trinajstić information content (AvgIpc) is 3.68. The summed E-state index contributed by atoms with van der Waals surface area (Å²) in [6, 6.07) is 50.5. The summed E-state index contributed by atoms with van der Waals surface area (Å²) >= 11 is 0. The highest BCUT2D eigenvalue weighted by Crippen LogP contribution is 2.44. The van der Waals surface area contributed by atoms with Gasteiger partial charge in [0.2, 0.25) is 0 Å². The number of fused-ring (bicyclic) bond motifs is 1. The Labute approximate surface area is 381 Å². The topological polar surface area (TPSA) is 50.9 Å². The van der Waals surface area contributed by atoms with E-state index < -0.39 is 0 Å². The van der Waals surface area contributed by atoms with E-state index in [0.29, 0.717) is 17.3 Å². The SMILES string of the molecule is CC(C)(C)c1cc(-c2cc(-c3ccc(C4CCCCC4)cc3)ccn2)cc(-c2cccc3c2nc(-c2cc(C(C)(C)C)ccc2O)n3-c2ccc(C(C)(C)C)cc2-c2ccccc2)c1. The summed E-state index contributed by atoms with van der Waals surface area (Å²) in [7, 11) is 0. The van der Waals surface area contributed by atoms with Gasteiger partial charge in [-0.15, -0.1) is 0 Å². The van der Waals surface area contributed by atoms with Crippen molar-refractivity contribution in [3.05, 3.63) is 168 Å². The maximum Gasteiger partial charge on any atom is 0.149 e. The first kappa shape index (κ1) is 43.0.